The molecule has 1 N–H and O–H groups in total. The minimum absolute atomic E-state index is 0.0242. The van der Waals surface area contributed by atoms with Crippen molar-refractivity contribution < 1.29 is 9.32 Å². The summed E-state index contributed by atoms with van der Waals surface area (Å²) in [5.41, 5.74) is 2.19. The van der Waals surface area contributed by atoms with E-state index in [1.807, 2.05) is 37.3 Å². The van der Waals surface area contributed by atoms with E-state index >= 15 is 0 Å². The van der Waals surface area contributed by atoms with Crippen LogP contribution >= 0.6 is 0 Å². The molecule has 4 heterocycles. The fourth-order valence-electron chi connectivity index (χ4n) is 3.35. The molecule has 26 heavy (non-hydrogen) atoms. The third-order valence-corrected chi connectivity index (χ3v) is 4.66. The summed E-state index contributed by atoms with van der Waals surface area (Å²) in [7, 11) is 3.66. The second kappa shape index (κ2) is 6.62. The van der Waals surface area contributed by atoms with Gasteiger partial charge in [0.15, 0.2) is 11.5 Å². The predicted molar refractivity (Wildman–Crippen MR) is 95.5 cm³/mol. The molecule has 3 aromatic heterocycles. The molecular formula is C18H20N6O2. The Hall–Kier alpha value is -3.16. The van der Waals surface area contributed by atoms with E-state index in [9.17, 15) is 4.79 Å². The number of anilines is 1. The maximum atomic E-state index is 13.0. The molecule has 8 heteroatoms. The summed E-state index contributed by atoms with van der Waals surface area (Å²) >= 11 is 0. The van der Waals surface area contributed by atoms with Crippen LogP contribution in [0, 0.1) is 0 Å². The summed E-state index contributed by atoms with van der Waals surface area (Å²) in [6.45, 7) is 0.704. The minimum Gasteiger partial charge on any atom is -0.373 e. The zero-order valence-corrected chi connectivity index (χ0v) is 14.7. The first kappa shape index (κ1) is 16.3. The van der Waals surface area contributed by atoms with Gasteiger partial charge >= 0.3 is 0 Å². The van der Waals surface area contributed by atoms with E-state index in [1.54, 1.807) is 23.1 Å². The molecular weight excluding hydrogens is 332 g/mol. The molecule has 0 saturated carbocycles. The van der Waals surface area contributed by atoms with Crippen molar-refractivity contribution in [2.24, 2.45) is 7.05 Å². The van der Waals surface area contributed by atoms with Gasteiger partial charge in [0.2, 0.25) is 0 Å². The van der Waals surface area contributed by atoms with Crippen molar-refractivity contribution in [3.8, 4) is 11.3 Å². The summed E-state index contributed by atoms with van der Waals surface area (Å²) in [4.78, 5) is 19.1. The Kier molecular flexibility index (Phi) is 4.16. The number of carbonyl (C=O) groups is 1. The average Bonchev–Trinajstić information content (AvgIpc) is 3.41. The predicted octanol–water partition coefficient (Wildman–Crippen LogP) is 2.49. The van der Waals surface area contributed by atoms with Gasteiger partial charge < -0.3 is 14.7 Å². The van der Waals surface area contributed by atoms with Crippen LogP contribution < -0.4 is 5.32 Å². The van der Waals surface area contributed by atoms with Crippen LogP contribution in [0.3, 0.4) is 0 Å². The summed E-state index contributed by atoms with van der Waals surface area (Å²) in [5, 5.41) is 11.1. The number of hydrogen-bond donors (Lipinski definition) is 1. The van der Waals surface area contributed by atoms with Gasteiger partial charge in [0.1, 0.15) is 5.82 Å². The minimum atomic E-state index is -0.116. The number of carbonyl (C=O) groups excluding carboxylic acids is 1. The van der Waals surface area contributed by atoms with E-state index in [0.717, 1.165) is 29.8 Å². The lowest BCUT2D eigenvalue weighted by Gasteiger charge is -2.24. The topological polar surface area (TPSA) is 89.1 Å². The first-order chi connectivity index (χ1) is 12.7. The van der Waals surface area contributed by atoms with Crippen molar-refractivity contribution >= 4 is 11.7 Å². The molecule has 1 unspecified atom stereocenters. The Morgan fingerprint density at radius 2 is 2.27 bits per heavy atom. The molecule has 1 aliphatic heterocycles. The van der Waals surface area contributed by atoms with Crippen LogP contribution in [-0.2, 0) is 7.05 Å². The molecule has 0 radical (unpaired) electrons. The molecule has 134 valence electrons. The molecule has 1 aliphatic rings. The number of aromatic nitrogens is 4. The molecule has 8 nitrogen and oxygen atoms in total. The van der Waals surface area contributed by atoms with Crippen LogP contribution in [0.15, 0.2) is 41.3 Å². The Labute approximate surface area is 150 Å². The van der Waals surface area contributed by atoms with Gasteiger partial charge in [-0.2, -0.15) is 5.10 Å². The number of amides is 1. The maximum absolute atomic E-state index is 13.0. The number of nitrogens with zero attached hydrogens (tertiary/aromatic N) is 5. The van der Waals surface area contributed by atoms with Crippen LogP contribution in [0.4, 0.5) is 5.82 Å². The van der Waals surface area contributed by atoms with E-state index in [4.69, 9.17) is 4.52 Å². The van der Waals surface area contributed by atoms with E-state index in [1.165, 1.54) is 0 Å². The molecule has 4 rings (SSSR count). The highest BCUT2D eigenvalue weighted by atomic mass is 16.5. The standard InChI is InChI=1S/C18H20N6O2/c1-19-17-8-12(5-6-20-17)15-4-3-7-24(15)18(25)14-9-16(26-22-14)13-10-21-23(2)11-13/h5-6,8-11,15H,3-4,7H2,1-2H3,(H,19,20). The lowest BCUT2D eigenvalue weighted by atomic mass is 10.1. The third-order valence-electron chi connectivity index (χ3n) is 4.66. The molecule has 0 aromatic carbocycles. The maximum Gasteiger partial charge on any atom is 0.276 e. The Morgan fingerprint density at radius 3 is 3.04 bits per heavy atom. The molecule has 1 fully saturated rings. The summed E-state index contributed by atoms with van der Waals surface area (Å²) in [6.07, 6.45) is 7.15. The normalized spacial score (nSPS) is 16.8. The van der Waals surface area contributed by atoms with E-state index in [0.29, 0.717) is 18.0 Å². The lowest BCUT2D eigenvalue weighted by Crippen LogP contribution is -2.30. The van der Waals surface area contributed by atoms with Crippen molar-refractivity contribution in [1.29, 1.82) is 0 Å². The summed E-state index contributed by atoms with van der Waals surface area (Å²) < 4.78 is 7.03. The fraction of sp³-hybridized carbons (Fsp3) is 0.333. The fourth-order valence-corrected chi connectivity index (χ4v) is 3.35. The largest absolute Gasteiger partial charge is 0.373 e. The van der Waals surface area contributed by atoms with Gasteiger partial charge in [-0.05, 0) is 30.5 Å². The molecule has 1 atom stereocenters. The van der Waals surface area contributed by atoms with E-state index < -0.39 is 0 Å². The second-order valence-corrected chi connectivity index (χ2v) is 6.36. The molecule has 1 saturated heterocycles. The lowest BCUT2D eigenvalue weighted by molar-refractivity contribution is 0.0725. The Bertz CT molecular complexity index is 931. The zero-order valence-electron chi connectivity index (χ0n) is 14.7. The Morgan fingerprint density at radius 1 is 1.38 bits per heavy atom. The molecule has 3 aromatic rings. The summed E-state index contributed by atoms with van der Waals surface area (Å²) in [6, 6.07) is 5.65. The highest BCUT2D eigenvalue weighted by Gasteiger charge is 2.32. The van der Waals surface area contributed by atoms with Crippen molar-refractivity contribution in [2.75, 3.05) is 18.9 Å². The van der Waals surface area contributed by atoms with Crippen molar-refractivity contribution in [3.05, 3.63) is 48.0 Å². The van der Waals surface area contributed by atoms with Gasteiger partial charge in [-0.25, -0.2) is 4.98 Å². The van der Waals surface area contributed by atoms with Crippen LogP contribution in [0.5, 0.6) is 0 Å². The van der Waals surface area contributed by atoms with Gasteiger partial charge in [0, 0.05) is 39.1 Å². The van der Waals surface area contributed by atoms with E-state index in [2.05, 4.69) is 20.6 Å². The van der Waals surface area contributed by atoms with Crippen molar-refractivity contribution in [1.82, 2.24) is 24.8 Å². The second-order valence-electron chi connectivity index (χ2n) is 6.36. The van der Waals surface area contributed by atoms with Crippen molar-refractivity contribution in [3.63, 3.8) is 0 Å². The Balaban J connectivity index is 1.58. The van der Waals surface area contributed by atoms with Gasteiger partial charge in [-0.3, -0.25) is 9.48 Å². The highest BCUT2D eigenvalue weighted by molar-refractivity contribution is 5.93. The zero-order chi connectivity index (χ0) is 18.1. The third kappa shape index (κ3) is 2.94. The molecule has 1 amide bonds. The number of rotatable bonds is 4. The molecule has 0 bridgehead atoms. The number of likely N-dealkylation sites (tertiary alicyclic amines) is 1. The monoisotopic (exact) mass is 352 g/mol. The van der Waals surface area contributed by atoms with Gasteiger partial charge in [0.25, 0.3) is 5.91 Å². The van der Waals surface area contributed by atoms with Crippen LogP contribution in [0.1, 0.15) is 34.9 Å². The van der Waals surface area contributed by atoms with E-state index in [-0.39, 0.29) is 11.9 Å². The summed E-state index contributed by atoms with van der Waals surface area (Å²) in [5.74, 6) is 1.22. The first-order valence-corrected chi connectivity index (χ1v) is 8.56. The van der Waals surface area contributed by atoms with Gasteiger partial charge in [-0.15, -0.1) is 0 Å². The first-order valence-electron chi connectivity index (χ1n) is 8.56. The smallest absolute Gasteiger partial charge is 0.276 e. The van der Waals surface area contributed by atoms with Crippen molar-refractivity contribution in [2.45, 2.75) is 18.9 Å². The van der Waals surface area contributed by atoms with Crippen LogP contribution in [0.2, 0.25) is 0 Å². The average molecular weight is 352 g/mol. The number of hydrogen-bond acceptors (Lipinski definition) is 6. The molecule has 0 aliphatic carbocycles. The number of nitrogens with one attached hydrogen (secondary N) is 1. The SMILES string of the molecule is CNc1cc(C2CCCN2C(=O)c2cc(-c3cnn(C)c3)on2)ccn1. The number of aryl methyl sites for hydroxylation is 1. The van der Waals surface area contributed by atoms with Crippen LogP contribution in [-0.4, -0.2) is 44.3 Å². The quantitative estimate of drug-likeness (QED) is 0.776. The van der Waals surface area contributed by atoms with Gasteiger partial charge in [0.05, 0.1) is 17.8 Å². The highest BCUT2D eigenvalue weighted by Crippen LogP contribution is 2.34. The van der Waals surface area contributed by atoms with Crippen LogP contribution in [0.25, 0.3) is 11.3 Å². The number of pyridine rings is 1. The molecule has 0 spiro atoms. The van der Waals surface area contributed by atoms with Gasteiger partial charge in [-0.1, -0.05) is 5.16 Å².